The topological polar surface area (TPSA) is 9.23 Å². The fourth-order valence-corrected chi connectivity index (χ4v) is 2.78. The summed E-state index contributed by atoms with van der Waals surface area (Å²) in [6, 6.07) is 14.3. The average molecular weight is 340 g/mol. The normalized spacial score (nSPS) is 12.2. The van der Waals surface area contributed by atoms with E-state index in [1.807, 2.05) is 25.1 Å². The molecular weight excluding hydrogens is 324 g/mol. The minimum atomic E-state index is 0.248. The summed E-state index contributed by atoms with van der Waals surface area (Å²) in [4.78, 5) is 0.248. The van der Waals surface area contributed by atoms with Crippen molar-refractivity contribution in [2.75, 3.05) is 7.11 Å². The van der Waals surface area contributed by atoms with Crippen molar-refractivity contribution in [3.63, 3.8) is 0 Å². The summed E-state index contributed by atoms with van der Waals surface area (Å²) in [5.41, 5.74) is 3.53. The molecule has 0 amide bonds. The van der Waals surface area contributed by atoms with Crippen LogP contribution in [0.5, 0.6) is 5.75 Å². The molecule has 0 aromatic heterocycles. The number of hydrogen-bond donors (Lipinski definition) is 0. The summed E-state index contributed by atoms with van der Waals surface area (Å²) in [5, 5.41) is 0.813. The van der Waals surface area contributed by atoms with Gasteiger partial charge in [0.25, 0.3) is 0 Å². The quantitative estimate of drug-likeness (QED) is 0.684. The molecule has 0 fully saturated rings. The van der Waals surface area contributed by atoms with Gasteiger partial charge < -0.3 is 4.74 Å². The zero-order chi connectivity index (χ0) is 13.8. The minimum Gasteiger partial charge on any atom is -0.497 e. The number of alkyl halides is 1. The van der Waals surface area contributed by atoms with Crippen LogP contribution in [-0.4, -0.2) is 7.11 Å². The molecule has 3 heteroatoms. The lowest BCUT2D eigenvalue weighted by Gasteiger charge is -2.12. The number of methoxy groups -OCH3 is 1. The first-order valence-corrected chi connectivity index (χ1v) is 7.42. The minimum absolute atomic E-state index is 0.248. The van der Waals surface area contributed by atoms with Crippen LogP contribution in [0.2, 0.25) is 5.02 Å². The van der Waals surface area contributed by atoms with Crippen molar-refractivity contribution in [1.82, 2.24) is 0 Å². The Labute approximate surface area is 127 Å². The van der Waals surface area contributed by atoms with E-state index in [1.165, 1.54) is 11.1 Å². The van der Waals surface area contributed by atoms with Crippen LogP contribution in [0.1, 0.15) is 21.5 Å². The molecule has 1 nitrogen and oxygen atoms in total. The van der Waals surface area contributed by atoms with Crippen molar-refractivity contribution in [2.45, 2.75) is 18.2 Å². The predicted molar refractivity (Wildman–Crippen MR) is 84.6 cm³/mol. The van der Waals surface area contributed by atoms with Gasteiger partial charge in [0.05, 0.1) is 7.11 Å². The molecule has 1 atom stereocenters. The standard InChI is InChI=1S/C16H16BrClO/c1-11-6-7-13(10-16(11)18)15(17)9-12-4-3-5-14(8-12)19-2/h3-8,10,15H,9H2,1-2H3. The molecule has 2 aromatic rings. The smallest absolute Gasteiger partial charge is 0.119 e. The van der Waals surface area contributed by atoms with Crippen LogP contribution in [0.4, 0.5) is 0 Å². The molecule has 0 aliphatic carbocycles. The van der Waals surface area contributed by atoms with Crippen LogP contribution in [0.3, 0.4) is 0 Å². The Morgan fingerprint density at radius 1 is 1.21 bits per heavy atom. The maximum absolute atomic E-state index is 6.17. The molecule has 2 aromatic carbocycles. The number of ether oxygens (including phenoxy) is 1. The van der Waals surface area contributed by atoms with E-state index in [0.717, 1.165) is 22.8 Å². The monoisotopic (exact) mass is 338 g/mol. The Morgan fingerprint density at radius 2 is 2.00 bits per heavy atom. The van der Waals surface area contributed by atoms with Gasteiger partial charge in [0, 0.05) is 9.85 Å². The first kappa shape index (κ1) is 14.4. The molecular formula is C16H16BrClO. The van der Waals surface area contributed by atoms with Gasteiger partial charge in [0.1, 0.15) is 5.75 Å². The Hall–Kier alpha value is -0.990. The van der Waals surface area contributed by atoms with E-state index in [-0.39, 0.29) is 4.83 Å². The number of aryl methyl sites for hydroxylation is 1. The summed E-state index contributed by atoms with van der Waals surface area (Å²) in [5.74, 6) is 0.888. The number of rotatable bonds is 4. The van der Waals surface area contributed by atoms with Gasteiger partial charge in [-0.3, -0.25) is 0 Å². The van der Waals surface area contributed by atoms with Gasteiger partial charge in [0.2, 0.25) is 0 Å². The average Bonchev–Trinajstić information content (AvgIpc) is 2.42. The van der Waals surface area contributed by atoms with Crippen LogP contribution in [0, 0.1) is 6.92 Å². The Morgan fingerprint density at radius 3 is 2.68 bits per heavy atom. The van der Waals surface area contributed by atoms with Crippen molar-refractivity contribution in [2.24, 2.45) is 0 Å². The molecule has 0 aliphatic rings. The summed E-state index contributed by atoms with van der Waals surface area (Å²) in [6.45, 7) is 2.01. The van der Waals surface area contributed by atoms with E-state index < -0.39 is 0 Å². The number of halogens is 2. The highest BCUT2D eigenvalue weighted by molar-refractivity contribution is 9.09. The molecule has 0 saturated carbocycles. The van der Waals surface area contributed by atoms with E-state index in [4.69, 9.17) is 16.3 Å². The van der Waals surface area contributed by atoms with Crippen molar-refractivity contribution in [3.05, 3.63) is 64.2 Å². The van der Waals surface area contributed by atoms with Crippen LogP contribution in [-0.2, 0) is 6.42 Å². The SMILES string of the molecule is COc1cccc(CC(Br)c2ccc(C)c(Cl)c2)c1. The van der Waals surface area contributed by atoms with E-state index in [2.05, 4.69) is 40.2 Å². The van der Waals surface area contributed by atoms with Gasteiger partial charge in [-0.1, -0.05) is 51.8 Å². The van der Waals surface area contributed by atoms with E-state index in [0.29, 0.717) is 0 Å². The molecule has 2 rings (SSSR count). The third kappa shape index (κ3) is 3.74. The number of hydrogen-bond acceptors (Lipinski definition) is 1. The molecule has 1 unspecified atom stereocenters. The Bertz CT molecular complexity index is 568. The van der Waals surface area contributed by atoms with Gasteiger partial charge in [0.15, 0.2) is 0 Å². The van der Waals surface area contributed by atoms with Crippen molar-refractivity contribution in [1.29, 1.82) is 0 Å². The maximum Gasteiger partial charge on any atom is 0.119 e. The van der Waals surface area contributed by atoms with E-state index in [1.54, 1.807) is 7.11 Å². The van der Waals surface area contributed by atoms with E-state index >= 15 is 0 Å². The molecule has 0 radical (unpaired) electrons. The van der Waals surface area contributed by atoms with Crippen molar-refractivity contribution >= 4 is 27.5 Å². The Balaban J connectivity index is 2.15. The molecule has 19 heavy (non-hydrogen) atoms. The Kier molecular flexibility index (Phi) is 4.89. The van der Waals surface area contributed by atoms with Crippen LogP contribution in [0.25, 0.3) is 0 Å². The summed E-state index contributed by atoms with van der Waals surface area (Å²) in [6.07, 6.45) is 0.899. The lowest BCUT2D eigenvalue weighted by molar-refractivity contribution is 0.414. The third-order valence-corrected chi connectivity index (χ3v) is 4.37. The summed E-state index contributed by atoms with van der Waals surface area (Å²) < 4.78 is 5.24. The summed E-state index contributed by atoms with van der Waals surface area (Å²) >= 11 is 9.90. The molecule has 0 N–H and O–H groups in total. The van der Waals surface area contributed by atoms with Gasteiger partial charge in [-0.25, -0.2) is 0 Å². The largest absolute Gasteiger partial charge is 0.497 e. The molecule has 0 bridgehead atoms. The van der Waals surface area contributed by atoms with Crippen molar-refractivity contribution in [3.8, 4) is 5.75 Å². The van der Waals surface area contributed by atoms with Crippen molar-refractivity contribution < 1.29 is 4.74 Å². The lowest BCUT2D eigenvalue weighted by atomic mass is 10.0. The molecule has 0 aliphatic heterocycles. The third-order valence-electron chi connectivity index (χ3n) is 3.11. The lowest BCUT2D eigenvalue weighted by Crippen LogP contribution is -1.96. The first-order valence-electron chi connectivity index (χ1n) is 6.13. The predicted octanol–water partition coefficient (Wildman–Crippen LogP) is 5.34. The highest BCUT2D eigenvalue weighted by Gasteiger charge is 2.10. The van der Waals surface area contributed by atoms with E-state index in [9.17, 15) is 0 Å². The summed E-state index contributed by atoms with van der Waals surface area (Å²) in [7, 11) is 1.68. The number of benzene rings is 2. The van der Waals surface area contributed by atoms with Gasteiger partial charge in [-0.2, -0.15) is 0 Å². The molecule has 100 valence electrons. The second kappa shape index (κ2) is 6.44. The fourth-order valence-electron chi connectivity index (χ4n) is 1.93. The highest BCUT2D eigenvalue weighted by Crippen LogP contribution is 2.30. The maximum atomic E-state index is 6.17. The zero-order valence-corrected chi connectivity index (χ0v) is 13.3. The van der Waals surface area contributed by atoms with Crippen LogP contribution >= 0.6 is 27.5 Å². The molecule has 0 spiro atoms. The highest BCUT2D eigenvalue weighted by atomic mass is 79.9. The van der Waals surface area contributed by atoms with Gasteiger partial charge in [-0.05, 0) is 48.2 Å². The van der Waals surface area contributed by atoms with Crippen LogP contribution < -0.4 is 4.74 Å². The van der Waals surface area contributed by atoms with Gasteiger partial charge in [-0.15, -0.1) is 0 Å². The second-order valence-electron chi connectivity index (χ2n) is 4.53. The first-order chi connectivity index (χ1) is 9.10. The molecule has 0 heterocycles. The van der Waals surface area contributed by atoms with Crippen LogP contribution in [0.15, 0.2) is 42.5 Å². The van der Waals surface area contributed by atoms with Gasteiger partial charge >= 0.3 is 0 Å². The second-order valence-corrected chi connectivity index (χ2v) is 6.04. The molecule has 0 saturated heterocycles. The zero-order valence-electron chi connectivity index (χ0n) is 11.0. The fraction of sp³-hybridized carbons (Fsp3) is 0.250.